The van der Waals surface area contributed by atoms with Gasteiger partial charge in [-0.15, -0.1) is 0 Å². The Morgan fingerprint density at radius 1 is 1.05 bits per heavy atom. The Hall–Kier alpha value is -1.26. The molecule has 20 heavy (non-hydrogen) atoms. The summed E-state index contributed by atoms with van der Waals surface area (Å²) in [5.41, 5.74) is 0.000959. The van der Waals surface area contributed by atoms with Crippen molar-refractivity contribution in [1.82, 2.24) is 4.90 Å². The van der Waals surface area contributed by atoms with Crippen LogP contribution in [0.25, 0.3) is 0 Å². The van der Waals surface area contributed by atoms with E-state index >= 15 is 0 Å². The first-order valence-electron chi connectivity index (χ1n) is 7.08. The normalized spacial score (nSPS) is 24.2. The van der Waals surface area contributed by atoms with Crippen molar-refractivity contribution in [3.05, 3.63) is 0 Å². The Morgan fingerprint density at radius 3 is 1.75 bits per heavy atom. The number of hydrogen-bond donors (Lipinski definition) is 2. The zero-order valence-electron chi connectivity index (χ0n) is 13.3. The van der Waals surface area contributed by atoms with Crippen molar-refractivity contribution in [3.8, 4) is 0 Å². The van der Waals surface area contributed by atoms with Gasteiger partial charge in [0, 0.05) is 6.54 Å². The van der Waals surface area contributed by atoms with Gasteiger partial charge in [0.05, 0.1) is 0 Å². The first kappa shape index (κ1) is 16.8. The van der Waals surface area contributed by atoms with Crippen molar-refractivity contribution in [2.75, 3.05) is 6.54 Å². The van der Waals surface area contributed by atoms with Crippen LogP contribution in [0.4, 0.5) is 4.79 Å². The number of likely N-dealkylation sites (tertiary alicyclic amines) is 1. The standard InChI is InChI=1S/C15H27NO4/c1-14(2,3)11(15(4,5)6)9-7-10(12(17)18)16(8-9)13(19)20/h9-11H,7-8H2,1-6H3,(H,17,18)(H,19,20)/t9-,10+/m1/s1. The van der Waals surface area contributed by atoms with Crippen LogP contribution in [-0.4, -0.2) is 39.8 Å². The number of carboxylic acids is 1. The van der Waals surface area contributed by atoms with E-state index in [0.717, 1.165) is 4.90 Å². The zero-order chi connectivity index (χ0) is 15.9. The molecular weight excluding hydrogens is 258 g/mol. The highest BCUT2D eigenvalue weighted by Gasteiger charge is 2.48. The molecule has 2 atom stereocenters. The van der Waals surface area contributed by atoms with Gasteiger partial charge in [-0.1, -0.05) is 41.5 Å². The summed E-state index contributed by atoms with van der Waals surface area (Å²) < 4.78 is 0. The lowest BCUT2D eigenvalue weighted by Crippen LogP contribution is -2.41. The molecule has 5 heteroatoms. The van der Waals surface area contributed by atoms with E-state index < -0.39 is 18.1 Å². The van der Waals surface area contributed by atoms with Gasteiger partial charge in [0.25, 0.3) is 0 Å². The van der Waals surface area contributed by atoms with Crippen LogP contribution in [0.1, 0.15) is 48.0 Å². The fourth-order valence-corrected chi connectivity index (χ4v) is 4.27. The van der Waals surface area contributed by atoms with Gasteiger partial charge in [-0.05, 0) is 29.1 Å². The Balaban J connectivity index is 3.08. The van der Waals surface area contributed by atoms with E-state index in [2.05, 4.69) is 41.5 Å². The van der Waals surface area contributed by atoms with E-state index in [1.54, 1.807) is 0 Å². The van der Waals surface area contributed by atoms with Gasteiger partial charge in [-0.3, -0.25) is 4.90 Å². The van der Waals surface area contributed by atoms with E-state index in [0.29, 0.717) is 13.0 Å². The molecule has 0 unspecified atom stereocenters. The SMILES string of the molecule is CC(C)(C)C([C@@H]1C[C@@H](C(=O)O)N(C(=O)O)C1)C(C)(C)C. The van der Waals surface area contributed by atoms with Crippen molar-refractivity contribution in [3.63, 3.8) is 0 Å². The molecule has 0 aromatic rings. The summed E-state index contributed by atoms with van der Waals surface area (Å²) in [4.78, 5) is 23.6. The molecule has 1 aliphatic heterocycles. The Labute approximate surface area is 121 Å². The number of hydrogen-bond acceptors (Lipinski definition) is 2. The van der Waals surface area contributed by atoms with Gasteiger partial charge >= 0.3 is 12.1 Å². The molecule has 0 saturated carbocycles. The second-order valence-electron chi connectivity index (χ2n) is 7.99. The maximum absolute atomic E-state index is 11.3. The summed E-state index contributed by atoms with van der Waals surface area (Å²) in [6.45, 7) is 13.2. The monoisotopic (exact) mass is 285 g/mol. The van der Waals surface area contributed by atoms with Gasteiger partial charge in [0.1, 0.15) is 6.04 Å². The molecule has 1 amide bonds. The molecule has 1 saturated heterocycles. The van der Waals surface area contributed by atoms with Crippen LogP contribution in [0.3, 0.4) is 0 Å². The third-order valence-corrected chi connectivity index (χ3v) is 4.20. The van der Waals surface area contributed by atoms with Crippen molar-refractivity contribution < 1.29 is 19.8 Å². The van der Waals surface area contributed by atoms with Crippen LogP contribution in [0.5, 0.6) is 0 Å². The predicted octanol–water partition coefficient (Wildman–Crippen LogP) is 3.15. The number of nitrogens with zero attached hydrogens (tertiary/aromatic N) is 1. The van der Waals surface area contributed by atoms with Gasteiger partial charge in [-0.25, -0.2) is 9.59 Å². The van der Waals surface area contributed by atoms with Gasteiger partial charge in [-0.2, -0.15) is 0 Å². The summed E-state index contributed by atoms with van der Waals surface area (Å²) in [6.07, 6.45) is -0.734. The molecule has 0 aromatic heterocycles. The predicted molar refractivity (Wildman–Crippen MR) is 76.7 cm³/mol. The summed E-state index contributed by atoms with van der Waals surface area (Å²) in [7, 11) is 0. The number of rotatable bonds is 2. The third-order valence-electron chi connectivity index (χ3n) is 4.20. The molecule has 1 aliphatic rings. The van der Waals surface area contributed by atoms with Crippen LogP contribution in [0, 0.1) is 22.7 Å². The van der Waals surface area contributed by atoms with Gasteiger partial charge < -0.3 is 10.2 Å². The molecule has 0 aliphatic carbocycles. The molecule has 116 valence electrons. The molecule has 0 bridgehead atoms. The lowest BCUT2D eigenvalue weighted by atomic mass is 9.61. The van der Waals surface area contributed by atoms with E-state index in [1.165, 1.54) is 0 Å². The topological polar surface area (TPSA) is 77.8 Å². The second kappa shape index (κ2) is 5.26. The third kappa shape index (κ3) is 3.44. The lowest BCUT2D eigenvalue weighted by Gasteiger charge is -2.44. The quantitative estimate of drug-likeness (QED) is 0.817. The minimum Gasteiger partial charge on any atom is -0.480 e. The van der Waals surface area contributed by atoms with Crippen molar-refractivity contribution in [2.45, 2.75) is 54.0 Å². The maximum Gasteiger partial charge on any atom is 0.408 e. The van der Waals surface area contributed by atoms with Crippen LogP contribution in [0.2, 0.25) is 0 Å². The molecule has 0 aromatic carbocycles. The molecular formula is C15H27NO4. The number of aliphatic carboxylic acids is 1. The van der Waals surface area contributed by atoms with Gasteiger partial charge in [0.15, 0.2) is 0 Å². The van der Waals surface area contributed by atoms with Crippen molar-refractivity contribution in [1.29, 1.82) is 0 Å². The average molecular weight is 285 g/mol. The minimum atomic E-state index is -1.14. The molecule has 5 nitrogen and oxygen atoms in total. The van der Waals surface area contributed by atoms with Gasteiger partial charge in [0.2, 0.25) is 0 Å². The lowest BCUT2D eigenvalue weighted by molar-refractivity contribution is -0.141. The Kier molecular flexibility index (Phi) is 4.42. The molecule has 1 heterocycles. The highest BCUT2D eigenvalue weighted by Crippen LogP contribution is 2.48. The number of amides is 1. The van der Waals surface area contributed by atoms with Crippen molar-refractivity contribution in [2.24, 2.45) is 22.7 Å². The van der Waals surface area contributed by atoms with Crippen molar-refractivity contribution >= 4 is 12.1 Å². The average Bonchev–Trinajstić information content (AvgIpc) is 2.57. The molecule has 0 spiro atoms. The maximum atomic E-state index is 11.3. The molecule has 0 radical (unpaired) electrons. The van der Waals surface area contributed by atoms with E-state index in [1.807, 2.05) is 0 Å². The fourth-order valence-electron chi connectivity index (χ4n) is 4.27. The van der Waals surface area contributed by atoms with E-state index in [9.17, 15) is 19.8 Å². The smallest absolute Gasteiger partial charge is 0.408 e. The van der Waals surface area contributed by atoms with Crippen LogP contribution in [0.15, 0.2) is 0 Å². The van der Waals surface area contributed by atoms with E-state index in [4.69, 9.17) is 0 Å². The van der Waals surface area contributed by atoms with Crippen LogP contribution >= 0.6 is 0 Å². The van der Waals surface area contributed by atoms with Crippen LogP contribution < -0.4 is 0 Å². The number of carboxylic acid groups (broad SMARTS) is 2. The second-order valence-corrected chi connectivity index (χ2v) is 7.99. The summed E-state index contributed by atoms with van der Waals surface area (Å²) >= 11 is 0. The Bertz CT molecular complexity index is 356. The zero-order valence-corrected chi connectivity index (χ0v) is 13.3. The number of carbonyl (C=O) groups is 2. The first-order chi connectivity index (χ1) is 8.85. The fraction of sp³-hybridized carbons (Fsp3) is 0.867. The largest absolute Gasteiger partial charge is 0.480 e. The highest BCUT2D eigenvalue weighted by atomic mass is 16.4. The Morgan fingerprint density at radius 2 is 1.50 bits per heavy atom. The molecule has 1 rings (SSSR count). The molecule has 2 N–H and O–H groups in total. The molecule has 1 fully saturated rings. The highest BCUT2D eigenvalue weighted by molar-refractivity contribution is 5.80. The summed E-state index contributed by atoms with van der Waals surface area (Å²) in [5, 5.41) is 18.4. The van der Waals surface area contributed by atoms with Crippen LogP contribution in [-0.2, 0) is 4.79 Å². The first-order valence-corrected chi connectivity index (χ1v) is 7.08. The minimum absolute atomic E-state index is 0.000479. The van der Waals surface area contributed by atoms with E-state index in [-0.39, 0.29) is 22.7 Å². The summed E-state index contributed by atoms with van der Waals surface area (Å²) in [6, 6.07) is -0.912. The summed E-state index contributed by atoms with van der Waals surface area (Å²) in [5.74, 6) is -0.718.